The summed E-state index contributed by atoms with van der Waals surface area (Å²) in [6, 6.07) is 11.6. The lowest BCUT2D eigenvalue weighted by atomic mass is 9.97. The minimum absolute atomic E-state index is 0.204. The van der Waals surface area contributed by atoms with Gasteiger partial charge in [0, 0.05) is 30.4 Å². The molecule has 1 aliphatic rings. The molecule has 1 aromatic carbocycles. The maximum atomic E-state index is 9.53. The normalized spacial score (nSPS) is 21.6. The largest absolute Gasteiger partial charge is 0.395 e. The second-order valence-electron chi connectivity index (χ2n) is 6.20. The third-order valence-corrected chi connectivity index (χ3v) is 5.78. The molecule has 1 heterocycles. The van der Waals surface area contributed by atoms with Crippen LogP contribution in [-0.2, 0) is 4.74 Å². The number of thioether (sulfide) groups is 1. The molecule has 4 nitrogen and oxygen atoms in total. The number of hydrogen-bond acceptors (Lipinski definition) is 5. The molecular weight excluding hydrogens is 308 g/mol. The molecule has 2 rings (SSSR count). The minimum atomic E-state index is 0.204. The first-order chi connectivity index (χ1) is 11.2. The van der Waals surface area contributed by atoms with Gasteiger partial charge in [0.25, 0.3) is 0 Å². The van der Waals surface area contributed by atoms with Crippen molar-refractivity contribution < 1.29 is 9.84 Å². The summed E-state index contributed by atoms with van der Waals surface area (Å²) in [7, 11) is 0. The summed E-state index contributed by atoms with van der Waals surface area (Å²) in [5, 5.41) is 13.5. The Labute approximate surface area is 144 Å². The monoisotopic (exact) mass is 338 g/mol. The Bertz CT molecular complexity index is 436. The second kappa shape index (κ2) is 9.64. The van der Waals surface area contributed by atoms with Crippen LogP contribution in [0.1, 0.15) is 25.5 Å². The van der Waals surface area contributed by atoms with E-state index in [-0.39, 0.29) is 17.9 Å². The minimum Gasteiger partial charge on any atom is -0.395 e. The Kier molecular flexibility index (Phi) is 7.86. The lowest BCUT2D eigenvalue weighted by Gasteiger charge is -2.40. The van der Waals surface area contributed by atoms with E-state index in [4.69, 9.17) is 4.74 Å². The zero-order valence-corrected chi connectivity index (χ0v) is 15.3. The van der Waals surface area contributed by atoms with Crippen LogP contribution in [0, 0.1) is 0 Å². The van der Waals surface area contributed by atoms with Crippen molar-refractivity contribution in [3.8, 4) is 0 Å². The number of hydrogen-bond donors (Lipinski definition) is 2. The quantitative estimate of drug-likeness (QED) is 0.760. The summed E-state index contributed by atoms with van der Waals surface area (Å²) in [5.41, 5.74) is 1.34. The molecule has 1 aromatic rings. The van der Waals surface area contributed by atoms with Gasteiger partial charge < -0.3 is 15.2 Å². The van der Waals surface area contributed by atoms with Gasteiger partial charge in [-0.3, -0.25) is 4.90 Å². The van der Waals surface area contributed by atoms with Gasteiger partial charge in [0.2, 0.25) is 0 Å². The molecule has 1 saturated heterocycles. The Morgan fingerprint density at radius 1 is 1.17 bits per heavy atom. The first-order valence-corrected chi connectivity index (χ1v) is 9.72. The lowest BCUT2D eigenvalue weighted by Crippen LogP contribution is -2.51. The van der Waals surface area contributed by atoms with E-state index in [0.717, 1.165) is 26.3 Å². The number of aliphatic hydroxyl groups is 1. The van der Waals surface area contributed by atoms with E-state index in [0.29, 0.717) is 12.1 Å². The molecule has 0 saturated carbocycles. The highest BCUT2D eigenvalue weighted by molar-refractivity contribution is 7.99. The van der Waals surface area contributed by atoms with E-state index in [1.165, 1.54) is 5.56 Å². The van der Waals surface area contributed by atoms with Gasteiger partial charge in [-0.05, 0) is 25.7 Å². The van der Waals surface area contributed by atoms with E-state index in [9.17, 15) is 5.11 Å². The van der Waals surface area contributed by atoms with Crippen molar-refractivity contribution in [1.82, 2.24) is 10.2 Å². The van der Waals surface area contributed by atoms with Crippen molar-refractivity contribution in [1.29, 1.82) is 0 Å². The number of benzene rings is 1. The van der Waals surface area contributed by atoms with Gasteiger partial charge in [0.15, 0.2) is 0 Å². The molecule has 4 unspecified atom stereocenters. The Morgan fingerprint density at radius 3 is 2.39 bits per heavy atom. The van der Waals surface area contributed by atoms with Crippen molar-refractivity contribution in [2.75, 3.05) is 39.2 Å². The second-order valence-corrected chi connectivity index (χ2v) is 7.28. The van der Waals surface area contributed by atoms with Crippen LogP contribution >= 0.6 is 11.8 Å². The van der Waals surface area contributed by atoms with E-state index >= 15 is 0 Å². The highest BCUT2D eigenvalue weighted by Gasteiger charge is 2.29. The van der Waals surface area contributed by atoms with Crippen LogP contribution in [0.3, 0.4) is 0 Å². The van der Waals surface area contributed by atoms with Crippen molar-refractivity contribution in [2.45, 2.75) is 37.2 Å². The summed E-state index contributed by atoms with van der Waals surface area (Å²) in [4.78, 5) is 2.51. The molecule has 1 aliphatic heterocycles. The van der Waals surface area contributed by atoms with Crippen LogP contribution in [0.25, 0.3) is 0 Å². The van der Waals surface area contributed by atoms with Crippen molar-refractivity contribution in [2.24, 2.45) is 0 Å². The molecule has 1 fully saturated rings. The van der Waals surface area contributed by atoms with Crippen molar-refractivity contribution in [3.63, 3.8) is 0 Å². The fourth-order valence-electron chi connectivity index (χ4n) is 3.37. The number of ether oxygens (including phenoxy) is 1. The number of morpholine rings is 1. The zero-order chi connectivity index (χ0) is 16.7. The molecule has 0 aliphatic carbocycles. The van der Waals surface area contributed by atoms with Crippen LogP contribution in [0.2, 0.25) is 0 Å². The molecule has 0 bridgehead atoms. The smallest absolute Gasteiger partial charge is 0.0594 e. The predicted molar refractivity (Wildman–Crippen MR) is 98.0 cm³/mol. The van der Waals surface area contributed by atoms with E-state index in [1.54, 1.807) is 11.8 Å². The topological polar surface area (TPSA) is 44.7 Å². The average molecular weight is 339 g/mol. The molecule has 0 amide bonds. The third-order valence-electron chi connectivity index (χ3n) is 4.62. The van der Waals surface area contributed by atoms with Gasteiger partial charge in [-0.1, -0.05) is 30.3 Å². The molecule has 2 N–H and O–H groups in total. The summed E-state index contributed by atoms with van der Waals surface area (Å²) >= 11 is 1.72. The zero-order valence-electron chi connectivity index (χ0n) is 14.4. The number of rotatable bonds is 8. The third kappa shape index (κ3) is 5.19. The molecule has 23 heavy (non-hydrogen) atoms. The highest BCUT2D eigenvalue weighted by Crippen LogP contribution is 2.26. The maximum Gasteiger partial charge on any atom is 0.0594 e. The maximum absolute atomic E-state index is 9.53. The first kappa shape index (κ1) is 18.7. The SMILES string of the molecule is CSC(CO)C(C)NC(C)C(c1ccccc1)N1CCOCC1. The van der Waals surface area contributed by atoms with Gasteiger partial charge in [-0.25, -0.2) is 0 Å². The van der Waals surface area contributed by atoms with Crippen LogP contribution in [0.5, 0.6) is 0 Å². The van der Waals surface area contributed by atoms with E-state index in [1.807, 2.05) is 0 Å². The molecular formula is C18H30N2O2S. The van der Waals surface area contributed by atoms with E-state index in [2.05, 4.69) is 60.7 Å². The molecule has 0 radical (unpaired) electrons. The van der Waals surface area contributed by atoms with Crippen LogP contribution in [0.4, 0.5) is 0 Å². The number of aliphatic hydroxyl groups excluding tert-OH is 1. The number of nitrogens with one attached hydrogen (secondary N) is 1. The molecule has 0 spiro atoms. The Hall–Kier alpha value is -0.590. The fourth-order valence-corrected chi connectivity index (χ4v) is 4.01. The van der Waals surface area contributed by atoms with Gasteiger partial charge in [-0.15, -0.1) is 0 Å². The van der Waals surface area contributed by atoms with Gasteiger partial charge in [0.1, 0.15) is 0 Å². The van der Waals surface area contributed by atoms with Crippen molar-refractivity contribution >= 4 is 11.8 Å². The average Bonchev–Trinajstić information content (AvgIpc) is 2.58. The standard InChI is InChI=1S/C18H30N2O2S/c1-14(17(13-21)23-3)19-15(2)18(16-7-5-4-6-8-16)20-9-11-22-12-10-20/h4-8,14-15,17-19,21H,9-13H2,1-3H3. The van der Waals surface area contributed by atoms with Crippen LogP contribution in [0.15, 0.2) is 30.3 Å². The lowest BCUT2D eigenvalue weighted by molar-refractivity contribution is 0.00776. The summed E-state index contributed by atoms with van der Waals surface area (Å²) in [5.74, 6) is 0. The van der Waals surface area contributed by atoms with E-state index < -0.39 is 0 Å². The van der Waals surface area contributed by atoms with Gasteiger partial charge in [0.05, 0.1) is 25.9 Å². The fraction of sp³-hybridized carbons (Fsp3) is 0.667. The number of nitrogens with zero attached hydrogens (tertiary/aromatic N) is 1. The van der Waals surface area contributed by atoms with Crippen molar-refractivity contribution in [3.05, 3.63) is 35.9 Å². The van der Waals surface area contributed by atoms with Crippen LogP contribution < -0.4 is 5.32 Å². The van der Waals surface area contributed by atoms with Gasteiger partial charge >= 0.3 is 0 Å². The first-order valence-electron chi connectivity index (χ1n) is 8.43. The summed E-state index contributed by atoms with van der Waals surface area (Å²) in [6.07, 6.45) is 2.06. The Balaban J connectivity index is 2.12. The van der Waals surface area contributed by atoms with Crippen LogP contribution in [-0.4, -0.2) is 66.5 Å². The summed E-state index contributed by atoms with van der Waals surface area (Å²) < 4.78 is 5.52. The molecule has 4 atom stereocenters. The molecule has 130 valence electrons. The van der Waals surface area contributed by atoms with Gasteiger partial charge in [-0.2, -0.15) is 11.8 Å². The molecule has 5 heteroatoms. The molecule has 0 aromatic heterocycles. The highest BCUT2D eigenvalue weighted by atomic mass is 32.2. The Morgan fingerprint density at radius 2 is 1.83 bits per heavy atom. The predicted octanol–water partition coefficient (Wildman–Crippen LogP) is 2.15. The summed E-state index contributed by atoms with van der Waals surface area (Å²) in [6.45, 7) is 8.15.